The Morgan fingerprint density at radius 1 is 1.22 bits per heavy atom. The minimum Gasteiger partial charge on any atom is -0.482 e. The highest BCUT2D eigenvalue weighted by molar-refractivity contribution is 6.43. The van der Waals surface area contributed by atoms with Crippen LogP contribution in [0, 0.1) is 0 Å². The van der Waals surface area contributed by atoms with Crippen LogP contribution in [-0.4, -0.2) is 25.6 Å². The maximum atomic E-state index is 11.4. The normalized spacial score (nSPS) is 10.2. The van der Waals surface area contributed by atoms with Gasteiger partial charge in [-0.25, -0.2) is 0 Å². The summed E-state index contributed by atoms with van der Waals surface area (Å²) in [6, 6.07) is 2.94. The molecule has 0 aliphatic heterocycles. The van der Waals surface area contributed by atoms with Gasteiger partial charge < -0.3 is 15.8 Å². The molecule has 1 aromatic rings. The van der Waals surface area contributed by atoms with Crippen LogP contribution in [0.2, 0.25) is 15.1 Å². The van der Waals surface area contributed by atoms with Crippen LogP contribution < -0.4 is 15.8 Å². The highest BCUT2D eigenvalue weighted by Crippen LogP contribution is 2.33. The molecule has 3 N–H and O–H groups in total. The minimum absolute atomic E-state index is 0.137. The predicted octanol–water partition coefficient (Wildman–Crippen LogP) is 2.49. The van der Waals surface area contributed by atoms with Crippen molar-refractivity contribution in [1.82, 2.24) is 5.32 Å². The number of hydrogen-bond acceptors (Lipinski definition) is 3. The third-order valence-corrected chi connectivity index (χ3v) is 3.05. The maximum absolute atomic E-state index is 11.4. The molecule has 0 aromatic heterocycles. The van der Waals surface area contributed by atoms with Crippen LogP contribution in [0.25, 0.3) is 0 Å². The molecule has 100 valence electrons. The summed E-state index contributed by atoms with van der Waals surface area (Å²) in [6.07, 6.45) is 0.721. The van der Waals surface area contributed by atoms with Gasteiger partial charge in [-0.1, -0.05) is 34.8 Å². The fraction of sp³-hybridized carbons (Fsp3) is 0.364. The summed E-state index contributed by atoms with van der Waals surface area (Å²) in [6.45, 7) is 0.913. The summed E-state index contributed by atoms with van der Waals surface area (Å²) >= 11 is 17.5. The van der Waals surface area contributed by atoms with Crippen molar-refractivity contribution >= 4 is 40.7 Å². The molecule has 4 nitrogen and oxygen atoms in total. The lowest BCUT2D eigenvalue weighted by Crippen LogP contribution is -2.30. The quantitative estimate of drug-likeness (QED) is 0.626. The molecular formula is C11H13Cl3N2O2. The second-order valence-electron chi connectivity index (χ2n) is 3.48. The van der Waals surface area contributed by atoms with Gasteiger partial charge in [-0.3, -0.25) is 4.79 Å². The Labute approximate surface area is 120 Å². The number of ether oxygens (including phenoxy) is 1. The van der Waals surface area contributed by atoms with E-state index < -0.39 is 0 Å². The number of halogens is 3. The lowest BCUT2D eigenvalue weighted by molar-refractivity contribution is -0.123. The van der Waals surface area contributed by atoms with E-state index in [1.807, 2.05) is 0 Å². The van der Waals surface area contributed by atoms with E-state index in [9.17, 15) is 4.79 Å². The molecule has 0 radical (unpaired) electrons. The van der Waals surface area contributed by atoms with Crippen molar-refractivity contribution in [3.05, 3.63) is 27.2 Å². The first-order chi connectivity index (χ1) is 8.54. The van der Waals surface area contributed by atoms with Crippen LogP contribution in [0.5, 0.6) is 5.75 Å². The zero-order valence-electron chi connectivity index (χ0n) is 9.51. The molecule has 1 amide bonds. The third kappa shape index (κ3) is 4.90. The van der Waals surface area contributed by atoms with Crippen LogP contribution in [0.3, 0.4) is 0 Å². The molecule has 0 unspecified atom stereocenters. The van der Waals surface area contributed by atoms with E-state index in [0.717, 1.165) is 6.42 Å². The minimum atomic E-state index is -0.245. The number of carbonyl (C=O) groups excluding carboxylic acids is 1. The molecule has 0 saturated heterocycles. The number of rotatable bonds is 6. The van der Waals surface area contributed by atoms with Gasteiger partial charge in [0.2, 0.25) is 0 Å². The molecule has 0 heterocycles. The maximum Gasteiger partial charge on any atom is 0.257 e. The summed E-state index contributed by atoms with van der Waals surface area (Å²) in [7, 11) is 0. The van der Waals surface area contributed by atoms with Crippen LogP contribution >= 0.6 is 34.8 Å². The number of hydrogen-bond donors (Lipinski definition) is 2. The van der Waals surface area contributed by atoms with Gasteiger partial charge >= 0.3 is 0 Å². The average molecular weight is 312 g/mol. The van der Waals surface area contributed by atoms with E-state index in [0.29, 0.717) is 33.9 Å². The average Bonchev–Trinajstić information content (AvgIpc) is 2.32. The first-order valence-corrected chi connectivity index (χ1v) is 6.42. The lowest BCUT2D eigenvalue weighted by Gasteiger charge is -2.09. The second kappa shape index (κ2) is 7.69. The highest BCUT2D eigenvalue weighted by Gasteiger charge is 2.09. The van der Waals surface area contributed by atoms with E-state index >= 15 is 0 Å². The lowest BCUT2D eigenvalue weighted by atomic mass is 10.3. The number of amides is 1. The molecule has 0 aliphatic carbocycles. The standard InChI is InChI=1S/C11H13Cl3N2O2/c12-7-4-9(14)10(5-8(7)13)18-6-11(17)16-3-1-2-15/h4-5H,1-3,6,15H2,(H,16,17). The fourth-order valence-corrected chi connectivity index (χ4v) is 1.73. The zero-order chi connectivity index (χ0) is 13.5. The van der Waals surface area contributed by atoms with Crippen molar-refractivity contribution < 1.29 is 9.53 Å². The summed E-state index contributed by atoms with van der Waals surface area (Å²) < 4.78 is 5.25. The molecule has 18 heavy (non-hydrogen) atoms. The van der Waals surface area contributed by atoms with Crippen molar-refractivity contribution in [2.45, 2.75) is 6.42 Å². The zero-order valence-corrected chi connectivity index (χ0v) is 11.8. The van der Waals surface area contributed by atoms with Crippen LogP contribution in [0.4, 0.5) is 0 Å². The number of nitrogens with one attached hydrogen (secondary N) is 1. The van der Waals surface area contributed by atoms with Gasteiger partial charge in [0.05, 0.1) is 15.1 Å². The molecule has 0 aliphatic rings. The van der Waals surface area contributed by atoms with Crippen molar-refractivity contribution in [3.8, 4) is 5.75 Å². The molecule has 0 spiro atoms. The fourth-order valence-electron chi connectivity index (χ4n) is 1.14. The Balaban J connectivity index is 2.48. The number of carbonyl (C=O) groups is 1. The van der Waals surface area contributed by atoms with Crippen LogP contribution in [0.1, 0.15) is 6.42 Å². The van der Waals surface area contributed by atoms with Gasteiger partial charge in [-0.2, -0.15) is 0 Å². The van der Waals surface area contributed by atoms with E-state index in [2.05, 4.69) is 5.32 Å². The van der Waals surface area contributed by atoms with E-state index in [1.165, 1.54) is 12.1 Å². The Morgan fingerprint density at radius 3 is 2.56 bits per heavy atom. The molecule has 0 fully saturated rings. The molecule has 1 rings (SSSR count). The van der Waals surface area contributed by atoms with E-state index in [1.54, 1.807) is 0 Å². The molecule has 1 aromatic carbocycles. The van der Waals surface area contributed by atoms with Crippen LogP contribution in [-0.2, 0) is 4.79 Å². The molecule has 0 bridgehead atoms. The SMILES string of the molecule is NCCCNC(=O)COc1cc(Cl)c(Cl)cc1Cl. The Morgan fingerprint density at radius 2 is 1.89 bits per heavy atom. The monoisotopic (exact) mass is 310 g/mol. The molecule has 0 atom stereocenters. The number of nitrogens with two attached hydrogens (primary N) is 1. The summed E-state index contributed by atoms with van der Waals surface area (Å²) in [5.74, 6) is 0.0747. The topological polar surface area (TPSA) is 64.3 Å². The van der Waals surface area contributed by atoms with E-state index in [4.69, 9.17) is 45.3 Å². The summed E-state index contributed by atoms with van der Waals surface area (Å²) in [4.78, 5) is 11.4. The first-order valence-electron chi connectivity index (χ1n) is 5.28. The summed E-state index contributed by atoms with van der Waals surface area (Å²) in [5.41, 5.74) is 5.30. The van der Waals surface area contributed by atoms with Gasteiger partial charge in [0.25, 0.3) is 5.91 Å². The smallest absolute Gasteiger partial charge is 0.257 e. The van der Waals surface area contributed by atoms with E-state index in [-0.39, 0.29) is 12.5 Å². The Bertz CT molecular complexity index is 427. The van der Waals surface area contributed by atoms with Crippen molar-refractivity contribution in [1.29, 1.82) is 0 Å². The van der Waals surface area contributed by atoms with Gasteiger partial charge in [-0.05, 0) is 19.0 Å². The van der Waals surface area contributed by atoms with Crippen molar-refractivity contribution in [3.63, 3.8) is 0 Å². The Kier molecular flexibility index (Phi) is 6.57. The number of benzene rings is 1. The van der Waals surface area contributed by atoms with Gasteiger partial charge in [0, 0.05) is 12.6 Å². The van der Waals surface area contributed by atoms with Gasteiger partial charge in [-0.15, -0.1) is 0 Å². The van der Waals surface area contributed by atoms with Gasteiger partial charge in [0.1, 0.15) is 5.75 Å². The molecular weight excluding hydrogens is 298 g/mol. The largest absolute Gasteiger partial charge is 0.482 e. The predicted molar refractivity (Wildman–Crippen MR) is 73.6 cm³/mol. The summed E-state index contributed by atoms with van der Waals surface area (Å²) in [5, 5.41) is 3.61. The molecule has 7 heteroatoms. The van der Waals surface area contributed by atoms with Crippen LogP contribution in [0.15, 0.2) is 12.1 Å². The highest BCUT2D eigenvalue weighted by atomic mass is 35.5. The molecule has 0 saturated carbocycles. The second-order valence-corrected chi connectivity index (χ2v) is 4.70. The van der Waals surface area contributed by atoms with Gasteiger partial charge in [0.15, 0.2) is 6.61 Å². The Hall–Kier alpha value is -0.680. The third-order valence-electron chi connectivity index (χ3n) is 2.04. The first kappa shape index (κ1) is 15.4. The van der Waals surface area contributed by atoms with Crippen molar-refractivity contribution in [2.75, 3.05) is 19.7 Å². The van der Waals surface area contributed by atoms with Crippen molar-refractivity contribution in [2.24, 2.45) is 5.73 Å².